The molecule has 0 saturated heterocycles. The molecule has 1 unspecified atom stereocenters. The minimum absolute atomic E-state index is 0.0808. The predicted octanol–water partition coefficient (Wildman–Crippen LogP) is 3.61. The predicted molar refractivity (Wildman–Crippen MR) is 73.5 cm³/mol. The van der Waals surface area contributed by atoms with Gasteiger partial charge in [-0.1, -0.05) is 25.7 Å². The van der Waals surface area contributed by atoms with Crippen LogP contribution >= 0.6 is 0 Å². The molecule has 112 valence electrons. The van der Waals surface area contributed by atoms with Crippen LogP contribution in [0.5, 0.6) is 0 Å². The van der Waals surface area contributed by atoms with Gasteiger partial charge in [0.1, 0.15) is 11.6 Å². The fourth-order valence-electron chi connectivity index (χ4n) is 3.09. The van der Waals surface area contributed by atoms with Gasteiger partial charge in [0.15, 0.2) is 0 Å². The van der Waals surface area contributed by atoms with Crippen LogP contribution in [0.3, 0.4) is 0 Å². The van der Waals surface area contributed by atoms with Crippen molar-refractivity contribution >= 4 is 0 Å². The molecule has 0 radical (unpaired) electrons. The first kappa shape index (κ1) is 15.4. The van der Waals surface area contributed by atoms with Crippen molar-refractivity contribution in [2.45, 2.75) is 56.7 Å². The van der Waals surface area contributed by atoms with E-state index in [1.807, 2.05) is 0 Å². The third-order valence-electron chi connectivity index (χ3n) is 4.38. The Morgan fingerprint density at radius 1 is 1.20 bits per heavy atom. The van der Waals surface area contributed by atoms with Crippen LogP contribution in [-0.2, 0) is 11.2 Å². The second kappa shape index (κ2) is 6.64. The maximum atomic E-state index is 13.7. The molecule has 1 saturated carbocycles. The van der Waals surface area contributed by atoms with E-state index in [2.05, 4.69) is 0 Å². The van der Waals surface area contributed by atoms with Crippen molar-refractivity contribution in [3.63, 3.8) is 0 Å². The number of halogens is 2. The average Bonchev–Trinajstić information content (AvgIpc) is 2.69. The summed E-state index contributed by atoms with van der Waals surface area (Å²) in [7, 11) is 1.59. The molecule has 1 fully saturated rings. The first-order valence-electron chi connectivity index (χ1n) is 7.24. The van der Waals surface area contributed by atoms with Gasteiger partial charge in [-0.15, -0.1) is 0 Å². The molecule has 1 aromatic rings. The van der Waals surface area contributed by atoms with E-state index < -0.39 is 23.3 Å². The standard InChI is InChI=1S/C16H22F2O2/c1-20-16(8-4-2-3-5-9-16)15(19)11-12-10-13(17)6-7-14(12)18/h6-7,10,15,19H,2-5,8-9,11H2,1H3. The first-order valence-corrected chi connectivity index (χ1v) is 7.24. The van der Waals surface area contributed by atoms with Crippen molar-refractivity contribution in [2.75, 3.05) is 7.11 Å². The number of ether oxygens (including phenoxy) is 1. The maximum absolute atomic E-state index is 13.7. The number of rotatable bonds is 4. The van der Waals surface area contributed by atoms with Gasteiger partial charge in [-0.3, -0.25) is 0 Å². The van der Waals surface area contributed by atoms with Gasteiger partial charge in [-0.25, -0.2) is 8.78 Å². The molecule has 0 aliphatic heterocycles. The maximum Gasteiger partial charge on any atom is 0.126 e. The Morgan fingerprint density at radius 2 is 1.85 bits per heavy atom. The normalized spacial score (nSPS) is 20.4. The van der Waals surface area contributed by atoms with E-state index in [0.717, 1.165) is 56.7 Å². The van der Waals surface area contributed by atoms with E-state index in [1.165, 1.54) is 0 Å². The van der Waals surface area contributed by atoms with Crippen molar-refractivity contribution in [1.82, 2.24) is 0 Å². The smallest absolute Gasteiger partial charge is 0.126 e. The van der Waals surface area contributed by atoms with Crippen molar-refractivity contribution < 1.29 is 18.6 Å². The summed E-state index contributed by atoms with van der Waals surface area (Å²) in [5.41, 5.74) is -0.423. The Kier molecular flexibility index (Phi) is 5.11. The molecular formula is C16H22F2O2. The monoisotopic (exact) mass is 284 g/mol. The fraction of sp³-hybridized carbons (Fsp3) is 0.625. The van der Waals surface area contributed by atoms with Crippen LogP contribution in [0, 0.1) is 11.6 Å². The summed E-state index contributed by atoms with van der Waals surface area (Å²) in [4.78, 5) is 0. The van der Waals surface area contributed by atoms with E-state index in [0.29, 0.717) is 0 Å². The Morgan fingerprint density at radius 3 is 2.45 bits per heavy atom. The largest absolute Gasteiger partial charge is 0.390 e. The number of hydrogen-bond acceptors (Lipinski definition) is 2. The molecule has 0 amide bonds. The molecule has 20 heavy (non-hydrogen) atoms. The second-order valence-corrected chi connectivity index (χ2v) is 5.64. The highest BCUT2D eigenvalue weighted by Crippen LogP contribution is 2.34. The van der Waals surface area contributed by atoms with E-state index >= 15 is 0 Å². The number of benzene rings is 1. The molecule has 1 aliphatic carbocycles. The van der Waals surface area contributed by atoms with Crippen LogP contribution in [0.4, 0.5) is 8.78 Å². The molecule has 4 heteroatoms. The van der Waals surface area contributed by atoms with Crippen LogP contribution in [-0.4, -0.2) is 23.9 Å². The number of hydrogen-bond donors (Lipinski definition) is 1. The van der Waals surface area contributed by atoms with Gasteiger partial charge in [-0.2, -0.15) is 0 Å². The zero-order chi connectivity index (χ0) is 14.6. The van der Waals surface area contributed by atoms with Crippen molar-refractivity contribution in [3.8, 4) is 0 Å². The lowest BCUT2D eigenvalue weighted by atomic mass is 9.84. The van der Waals surface area contributed by atoms with Gasteiger partial charge in [0.05, 0.1) is 11.7 Å². The quantitative estimate of drug-likeness (QED) is 0.856. The lowest BCUT2D eigenvalue weighted by Crippen LogP contribution is -2.45. The van der Waals surface area contributed by atoms with E-state index in [-0.39, 0.29) is 12.0 Å². The molecular weight excluding hydrogens is 262 g/mol. The number of aliphatic hydroxyl groups is 1. The Balaban J connectivity index is 2.16. The van der Waals surface area contributed by atoms with E-state index in [1.54, 1.807) is 7.11 Å². The van der Waals surface area contributed by atoms with Crippen LogP contribution in [0.25, 0.3) is 0 Å². The minimum atomic E-state index is -0.818. The van der Waals surface area contributed by atoms with Crippen LogP contribution < -0.4 is 0 Å². The van der Waals surface area contributed by atoms with Crippen LogP contribution in [0.15, 0.2) is 18.2 Å². The molecule has 0 spiro atoms. The zero-order valence-electron chi connectivity index (χ0n) is 11.9. The van der Waals surface area contributed by atoms with E-state index in [9.17, 15) is 13.9 Å². The molecule has 0 heterocycles. The lowest BCUT2D eigenvalue weighted by molar-refractivity contribution is -0.111. The van der Waals surface area contributed by atoms with Gasteiger partial charge >= 0.3 is 0 Å². The Bertz CT molecular complexity index is 440. The van der Waals surface area contributed by atoms with E-state index in [4.69, 9.17) is 4.74 Å². The average molecular weight is 284 g/mol. The molecule has 1 N–H and O–H groups in total. The van der Waals surface area contributed by atoms with Gasteiger partial charge in [0.25, 0.3) is 0 Å². The molecule has 1 atom stereocenters. The highest BCUT2D eigenvalue weighted by atomic mass is 19.1. The van der Waals surface area contributed by atoms with Gasteiger partial charge in [0, 0.05) is 13.5 Å². The second-order valence-electron chi connectivity index (χ2n) is 5.64. The summed E-state index contributed by atoms with van der Waals surface area (Å²) < 4.78 is 32.5. The van der Waals surface area contributed by atoms with Crippen molar-refractivity contribution in [2.24, 2.45) is 0 Å². The summed E-state index contributed by atoms with van der Waals surface area (Å²) in [6.45, 7) is 0. The highest BCUT2D eigenvalue weighted by Gasteiger charge is 2.38. The molecule has 1 aromatic carbocycles. The summed E-state index contributed by atoms with van der Waals surface area (Å²) >= 11 is 0. The van der Waals surface area contributed by atoms with Gasteiger partial charge in [0.2, 0.25) is 0 Å². The Labute approximate surface area is 118 Å². The molecule has 2 nitrogen and oxygen atoms in total. The number of aliphatic hydroxyl groups excluding tert-OH is 1. The fourth-order valence-corrected chi connectivity index (χ4v) is 3.09. The van der Waals surface area contributed by atoms with Crippen molar-refractivity contribution in [3.05, 3.63) is 35.4 Å². The highest BCUT2D eigenvalue weighted by molar-refractivity contribution is 5.20. The summed E-state index contributed by atoms with van der Waals surface area (Å²) in [5.74, 6) is -0.966. The SMILES string of the molecule is COC1(C(O)Cc2cc(F)ccc2F)CCCCCC1. The summed E-state index contributed by atoms with van der Waals surface area (Å²) in [5, 5.41) is 10.5. The first-order chi connectivity index (χ1) is 9.57. The molecule has 0 aromatic heterocycles. The van der Waals surface area contributed by atoms with Gasteiger partial charge in [-0.05, 0) is 36.6 Å². The third kappa shape index (κ3) is 3.36. The van der Waals surface area contributed by atoms with Crippen LogP contribution in [0.1, 0.15) is 44.1 Å². The van der Waals surface area contributed by atoms with Crippen LogP contribution in [0.2, 0.25) is 0 Å². The summed E-state index contributed by atoms with van der Waals surface area (Å²) in [6, 6.07) is 3.34. The van der Waals surface area contributed by atoms with Crippen molar-refractivity contribution in [1.29, 1.82) is 0 Å². The van der Waals surface area contributed by atoms with Gasteiger partial charge < -0.3 is 9.84 Å². The molecule has 2 rings (SSSR count). The molecule has 1 aliphatic rings. The zero-order valence-corrected chi connectivity index (χ0v) is 11.9. The number of methoxy groups -OCH3 is 1. The lowest BCUT2D eigenvalue weighted by Gasteiger charge is -2.36. The molecule has 0 bridgehead atoms. The minimum Gasteiger partial charge on any atom is -0.390 e. The Hall–Kier alpha value is -1.00. The topological polar surface area (TPSA) is 29.5 Å². The summed E-state index contributed by atoms with van der Waals surface area (Å²) in [6.07, 6.45) is 5.05. The third-order valence-corrected chi connectivity index (χ3v) is 4.38.